The quantitative estimate of drug-likeness (QED) is 0.666. The number of ketones is 1. The zero-order chi connectivity index (χ0) is 13.2. The number of para-hydroxylation sites is 2. The number of Topliss-reactive ketones (excluding diaryl/α,β-unsaturated/α-hetero) is 1. The summed E-state index contributed by atoms with van der Waals surface area (Å²) in [5.41, 5.74) is 1.55. The molecule has 2 heterocycles. The van der Waals surface area contributed by atoms with Crippen molar-refractivity contribution in [3.63, 3.8) is 0 Å². The molecular weight excluding hydrogens is 242 g/mol. The van der Waals surface area contributed by atoms with Crippen LogP contribution in [0, 0.1) is 0 Å². The number of fused-ring (bicyclic) bond motifs is 1. The zero-order valence-electron chi connectivity index (χ0n) is 10.3. The molecule has 0 unspecified atom stereocenters. The van der Waals surface area contributed by atoms with E-state index in [2.05, 4.69) is 4.98 Å². The molecule has 0 amide bonds. The first-order chi connectivity index (χ1) is 9.22. The molecule has 0 aliphatic rings. The molecule has 94 valence electrons. The highest BCUT2D eigenvalue weighted by Gasteiger charge is 2.05. The van der Waals surface area contributed by atoms with Crippen molar-refractivity contribution in [3.05, 3.63) is 53.8 Å². The first kappa shape index (κ1) is 11.5. The van der Waals surface area contributed by atoms with E-state index in [0.29, 0.717) is 17.4 Å². The Kier molecular flexibility index (Phi) is 2.76. The van der Waals surface area contributed by atoms with Crippen LogP contribution in [0.3, 0.4) is 0 Å². The van der Waals surface area contributed by atoms with Gasteiger partial charge >= 0.3 is 0 Å². The molecule has 3 rings (SSSR count). The number of oxazole rings is 1. The van der Waals surface area contributed by atoms with Crippen LogP contribution in [-0.2, 0) is 0 Å². The lowest BCUT2D eigenvalue weighted by atomic mass is 10.3. The van der Waals surface area contributed by atoms with Gasteiger partial charge in [0, 0.05) is 13.0 Å². The normalized spacial score (nSPS) is 11.4. The van der Waals surface area contributed by atoms with Crippen LogP contribution in [0.25, 0.3) is 23.3 Å². The van der Waals surface area contributed by atoms with E-state index in [1.807, 2.05) is 24.3 Å². The summed E-state index contributed by atoms with van der Waals surface area (Å²) >= 11 is 0. The molecule has 0 N–H and O–H groups in total. The summed E-state index contributed by atoms with van der Waals surface area (Å²) in [7, 11) is 0. The molecule has 0 saturated heterocycles. The Morgan fingerprint density at radius 2 is 1.95 bits per heavy atom. The standard InChI is InChI=1S/C15H11NO3/c1-10(17)13-8-6-11(18-13)7-9-15-16-12-4-2-3-5-14(12)19-15/h2-9H,1H3/b9-7+. The Hall–Kier alpha value is -2.62. The summed E-state index contributed by atoms with van der Waals surface area (Å²) < 4.78 is 10.9. The third kappa shape index (κ3) is 2.33. The maximum Gasteiger partial charge on any atom is 0.220 e. The third-order valence-corrected chi connectivity index (χ3v) is 2.67. The van der Waals surface area contributed by atoms with Crippen molar-refractivity contribution in [1.82, 2.24) is 4.98 Å². The molecule has 3 aromatic rings. The van der Waals surface area contributed by atoms with Gasteiger partial charge in [0.25, 0.3) is 0 Å². The van der Waals surface area contributed by atoms with Crippen molar-refractivity contribution in [2.45, 2.75) is 6.92 Å². The van der Waals surface area contributed by atoms with Crippen LogP contribution >= 0.6 is 0 Å². The van der Waals surface area contributed by atoms with E-state index in [1.165, 1.54) is 6.92 Å². The minimum atomic E-state index is -0.0958. The van der Waals surface area contributed by atoms with E-state index in [-0.39, 0.29) is 5.78 Å². The number of nitrogens with zero attached hydrogens (tertiary/aromatic N) is 1. The minimum Gasteiger partial charge on any atom is -0.454 e. The second-order valence-electron chi connectivity index (χ2n) is 4.11. The molecular formula is C15H11NO3. The average Bonchev–Trinajstić information content (AvgIpc) is 3.02. The van der Waals surface area contributed by atoms with Gasteiger partial charge in [0.05, 0.1) is 0 Å². The summed E-state index contributed by atoms with van der Waals surface area (Å²) in [5.74, 6) is 1.34. The van der Waals surface area contributed by atoms with E-state index < -0.39 is 0 Å². The maximum absolute atomic E-state index is 11.1. The molecule has 0 aliphatic heterocycles. The van der Waals surface area contributed by atoms with Crippen molar-refractivity contribution in [2.24, 2.45) is 0 Å². The number of aromatic nitrogens is 1. The summed E-state index contributed by atoms with van der Waals surface area (Å²) in [4.78, 5) is 15.4. The Balaban J connectivity index is 1.86. The van der Waals surface area contributed by atoms with E-state index >= 15 is 0 Å². The second kappa shape index (κ2) is 4.57. The van der Waals surface area contributed by atoms with Gasteiger partial charge in [-0.05, 0) is 30.3 Å². The Morgan fingerprint density at radius 3 is 2.68 bits per heavy atom. The van der Waals surface area contributed by atoms with Crippen LogP contribution < -0.4 is 0 Å². The number of benzene rings is 1. The fourth-order valence-corrected chi connectivity index (χ4v) is 1.75. The molecule has 0 atom stereocenters. The second-order valence-corrected chi connectivity index (χ2v) is 4.11. The van der Waals surface area contributed by atoms with Gasteiger partial charge in [0.15, 0.2) is 17.1 Å². The average molecular weight is 253 g/mol. The van der Waals surface area contributed by atoms with Crippen LogP contribution in [0.1, 0.15) is 29.1 Å². The number of carbonyl (C=O) groups excluding carboxylic acids is 1. The topological polar surface area (TPSA) is 56.2 Å². The molecule has 0 radical (unpaired) electrons. The smallest absolute Gasteiger partial charge is 0.220 e. The minimum absolute atomic E-state index is 0.0958. The van der Waals surface area contributed by atoms with Gasteiger partial charge in [-0.15, -0.1) is 0 Å². The van der Waals surface area contributed by atoms with E-state index in [4.69, 9.17) is 8.83 Å². The Bertz CT molecular complexity index is 731. The van der Waals surface area contributed by atoms with E-state index in [9.17, 15) is 4.79 Å². The SMILES string of the molecule is CC(=O)c1ccc(/C=C/c2nc3ccccc3o2)o1. The van der Waals surface area contributed by atoms with Gasteiger partial charge in [-0.25, -0.2) is 4.98 Å². The van der Waals surface area contributed by atoms with Crippen molar-refractivity contribution >= 4 is 29.0 Å². The molecule has 0 fully saturated rings. The van der Waals surface area contributed by atoms with Gasteiger partial charge in [-0.3, -0.25) is 4.79 Å². The molecule has 4 nitrogen and oxygen atoms in total. The van der Waals surface area contributed by atoms with E-state index in [0.717, 1.165) is 11.1 Å². The Morgan fingerprint density at radius 1 is 1.11 bits per heavy atom. The monoisotopic (exact) mass is 253 g/mol. The van der Waals surface area contributed by atoms with Crippen LogP contribution in [0.5, 0.6) is 0 Å². The zero-order valence-corrected chi connectivity index (χ0v) is 10.3. The van der Waals surface area contributed by atoms with Crippen molar-refractivity contribution < 1.29 is 13.6 Å². The maximum atomic E-state index is 11.1. The van der Waals surface area contributed by atoms with Crippen LogP contribution in [0.2, 0.25) is 0 Å². The highest BCUT2D eigenvalue weighted by atomic mass is 16.4. The molecule has 0 aliphatic carbocycles. The van der Waals surface area contributed by atoms with Gasteiger partial charge in [-0.2, -0.15) is 0 Å². The predicted molar refractivity (Wildman–Crippen MR) is 71.6 cm³/mol. The van der Waals surface area contributed by atoms with Crippen molar-refractivity contribution in [3.8, 4) is 0 Å². The molecule has 0 spiro atoms. The highest BCUT2D eigenvalue weighted by Crippen LogP contribution is 2.17. The first-order valence-corrected chi connectivity index (χ1v) is 5.87. The molecule has 2 aromatic heterocycles. The molecule has 4 heteroatoms. The number of rotatable bonds is 3. The molecule has 0 saturated carbocycles. The highest BCUT2D eigenvalue weighted by molar-refractivity contribution is 5.91. The van der Waals surface area contributed by atoms with Gasteiger partial charge in [-0.1, -0.05) is 12.1 Å². The summed E-state index contributed by atoms with van der Waals surface area (Å²) in [5, 5.41) is 0. The number of hydrogen-bond acceptors (Lipinski definition) is 4. The lowest BCUT2D eigenvalue weighted by Crippen LogP contribution is -1.85. The van der Waals surface area contributed by atoms with Gasteiger partial charge in [0.1, 0.15) is 11.3 Å². The Labute approximate surface area is 109 Å². The number of carbonyl (C=O) groups is 1. The summed E-state index contributed by atoms with van der Waals surface area (Å²) in [6, 6.07) is 10.9. The van der Waals surface area contributed by atoms with Crippen molar-refractivity contribution in [1.29, 1.82) is 0 Å². The number of furan rings is 1. The van der Waals surface area contributed by atoms with Gasteiger partial charge in [0.2, 0.25) is 5.89 Å². The summed E-state index contributed by atoms with van der Waals surface area (Å²) in [6.07, 6.45) is 3.43. The van der Waals surface area contributed by atoms with E-state index in [1.54, 1.807) is 24.3 Å². The van der Waals surface area contributed by atoms with Crippen LogP contribution in [0.4, 0.5) is 0 Å². The van der Waals surface area contributed by atoms with Gasteiger partial charge < -0.3 is 8.83 Å². The fraction of sp³-hybridized carbons (Fsp3) is 0.0667. The third-order valence-electron chi connectivity index (χ3n) is 2.67. The lowest BCUT2D eigenvalue weighted by molar-refractivity contribution is 0.0987. The van der Waals surface area contributed by atoms with Crippen LogP contribution in [0.15, 0.2) is 45.2 Å². The molecule has 1 aromatic carbocycles. The predicted octanol–water partition coefficient (Wildman–Crippen LogP) is 3.79. The molecule has 0 bridgehead atoms. The molecule has 19 heavy (non-hydrogen) atoms. The van der Waals surface area contributed by atoms with Crippen LogP contribution in [-0.4, -0.2) is 10.8 Å². The summed E-state index contributed by atoms with van der Waals surface area (Å²) in [6.45, 7) is 1.47. The van der Waals surface area contributed by atoms with Crippen molar-refractivity contribution in [2.75, 3.05) is 0 Å². The largest absolute Gasteiger partial charge is 0.454 e. The lowest BCUT2D eigenvalue weighted by Gasteiger charge is -1.86. The number of hydrogen-bond donors (Lipinski definition) is 0. The first-order valence-electron chi connectivity index (χ1n) is 5.87. The fourth-order valence-electron chi connectivity index (χ4n) is 1.75.